The van der Waals surface area contributed by atoms with Gasteiger partial charge in [-0.1, -0.05) is 13.0 Å². The maximum absolute atomic E-state index is 13.1. The number of thioether (sulfide) groups is 1. The van der Waals surface area contributed by atoms with Crippen LogP contribution in [0, 0.1) is 6.92 Å². The molecule has 0 unspecified atom stereocenters. The van der Waals surface area contributed by atoms with E-state index in [1.165, 1.54) is 11.8 Å². The number of pyridine rings is 2. The fraction of sp³-hybridized carbons (Fsp3) is 0.350. The predicted molar refractivity (Wildman–Crippen MR) is 104 cm³/mol. The normalized spacial score (nSPS) is 15.5. The predicted octanol–water partition coefficient (Wildman–Crippen LogP) is 3.72. The van der Waals surface area contributed by atoms with Crippen molar-refractivity contribution in [3.8, 4) is 0 Å². The second-order valence-electron chi connectivity index (χ2n) is 7.25. The minimum absolute atomic E-state index is 0.0438. The summed E-state index contributed by atoms with van der Waals surface area (Å²) in [5.74, 6) is -0.949. The zero-order valence-electron chi connectivity index (χ0n) is 15.0. The highest BCUT2D eigenvalue weighted by Crippen LogP contribution is 2.47. The molecule has 0 radical (unpaired) electrons. The number of fused-ring (bicyclic) bond motifs is 2. The average Bonchev–Trinajstić information content (AvgIpc) is 3.36. The van der Waals surface area contributed by atoms with E-state index in [0.29, 0.717) is 21.9 Å². The lowest BCUT2D eigenvalue weighted by atomic mass is 10.0. The van der Waals surface area contributed by atoms with Crippen molar-refractivity contribution in [2.24, 2.45) is 0 Å². The molecule has 134 valence electrons. The van der Waals surface area contributed by atoms with E-state index in [1.807, 2.05) is 25.3 Å². The number of benzene rings is 1. The van der Waals surface area contributed by atoms with Gasteiger partial charge in [0.25, 0.3) is 0 Å². The van der Waals surface area contributed by atoms with Crippen molar-refractivity contribution in [2.75, 3.05) is 6.26 Å². The molecule has 1 saturated carbocycles. The summed E-state index contributed by atoms with van der Waals surface area (Å²) in [6.07, 6.45) is 4.07. The Morgan fingerprint density at radius 2 is 1.96 bits per heavy atom. The first kappa shape index (κ1) is 17.1. The molecule has 26 heavy (non-hydrogen) atoms. The van der Waals surface area contributed by atoms with Crippen molar-refractivity contribution in [3.05, 3.63) is 45.7 Å². The first-order valence-electron chi connectivity index (χ1n) is 8.59. The van der Waals surface area contributed by atoms with E-state index in [0.717, 1.165) is 29.0 Å². The molecule has 0 bridgehead atoms. The molecule has 1 aromatic carbocycles. The summed E-state index contributed by atoms with van der Waals surface area (Å²) < 4.78 is 1.70. The van der Waals surface area contributed by atoms with E-state index in [-0.39, 0.29) is 17.4 Å². The number of rotatable bonds is 4. The zero-order chi connectivity index (χ0) is 18.6. The van der Waals surface area contributed by atoms with Crippen LogP contribution in [0.2, 0.25) is 0 Å². The van der Waals surface area contributed by atoms with Crippen LogP contribution in [0.4, 0.5) is 0 Å². The Morgan fingerprint density at radius 1 is 1.27 bits per heavy atom. The zero-order valence-corrected chi connectivity index (χ0v) is 15.8. The summed E-state index contributed by atoms with van der Waals surface area (Å²) >= 11 is 1.53. The Hall–Kier alpha value is -2.34. The highest BCUT2D eigenvalue weighted by molar-refractivity contribution is 7.98. The molecule has 3 aromatic rings. The minimum atomic E-state index is -0.949. The number of carbonyl (C=O) groups is 1. The van der Waals surface area contributed by atoms with Crippen molar-refractivity contribution in [1.29, 1.82) is 0 Å². The molecule has 1 aliphatic rings. The third kappa shape index (κ3) is 2.51. The van der Waals surface area contributed by atoms with E-state index in [9.17, 15) is 14.7 Å². The smallest absolute Gasteiger partial charge is 0.323 e. The molecule has 2 heterocycles. The van der Waals surface area contributed by atoms with Crippen LogP contribution in [0.3, 0.4) is 0 Å². The standard InChI is InChI=1S/C20H20N2O3S/c1-11-4-5-12-16(18(11)26-3)22(10-15(23)24)19-13(17(12)25)6-7-14(21-19)20(2)8-9-20/h4-7H,8-10H2,1-3H3,(H,23,24). The first-order chi connectivity index (χ1) is 12.4. The van der Waals surface area contributed by atoms with Crippen molar-refractivity contribution in [2.45, 2.75) is 43.5 Å². The Kier molecular flexibility index (Phi) is 3.84. The molecule has 1 aliphatic carbocycles. The number of hydrogen-bond donors (Lipinski definition) is 1. The van der Waals surface area contributed by atoms with E-state index >= 15 is 0 Å². The van der Waals surface area contributed by atoms with Crippen molar-refractivity contribution >= 4 is 39.7 Å². The van der Waals surface area contributed by atoms with Crippen LogP contribution in [0.25, 0.3) is 21.9 Å². The van der Waals surface area contributed by atoms with Crippen LogP contribution >= 0.6 is 11.8 Å². The number of carboxylic acids is 1. The van der Waals surface area contributed by atoms with Crippen molar-refractivity contribution in [1.82, 2.24) is 9.55 Å². The number of nitrogens with zero attached hydrogens (tertiary/aromatic N) is 2. The Morgan fingerprint density at radius 3 is 2.58 bits per heavy atom. The highest BCUT2D eigenvalue weighted by atomic mass is 32.2. The van der Waals surface area contributed by atoms with Crippen molar-refractivity contribution in [3.63, 3.8) is 0 Å². The van der Waals surface area contributed by atoms with Gasteiger partial charge in [-0.3, -0.25) is 9.59 Å². The molecule has 1 N–H and O–H groups in total. The van der Waals surface area contributed by atoms with Gasteiger partial charge in [0, 0.05) is 21.4 Å². The molecule has 0 saturated heterocycles. The maximum Gasteiger partial charge on any atom is 0.323 e. The minimum Gasteiger partial charge on any atom is -0.480 e. The fourth-order valence-corrected chi connectivity index (χ4v) is 4.34. The van der Waals surface area contributed by atoms with Gasteiger partial charge in [-0.25, -0.2) is 4.98 Å². The van der Waals surface area contributed by atoms with E-state index in [4.69, 9.17) is 4.98 Å². The first-order valence-corrected chi connectivity index (χ1v) is 9.81. The van der Waals surface area contributed by atoms with Gasteiger partial charge in [0.1, 0.15) is 12.2 Å². The molecule has 5 nitrogen and oxygen atoms in total. The van der Waals surface area contributed by atoms with Crippen LogP contribution < -0.4 is 5.43 Å². The van der Waals surface area contributed by atoms with Crippen LogP contribution in [0.1, 0.15) is 31.0 Å². The molecule has 0 amide bonds. The third-order valence-corrected chi connectivity index (χ3v) is 6.26. The Bertz CT molecular complexity index is 1130. The molecule has 4 rings (SSSR count). The topological polar surface area (TPSA) is 72.2 Å². The second kappa shape index (κ2) is 5.84. The number of carboxylic acid groups (broad SMARTS) is 1. The lowest BCUT2D eigenvalue weighted by Crippen LogP contribution is -2.19. The van der Waals surface area contributed by atoms with Crippen LogP contribution in [0.15, 0.2) is 34.0 Å². The summed E-state index contributed by atoms with van der Waals surface area (Å²) in [7, 11) is 0. The number of hydrogen-bond acceptors (Lipinski definition) is 4. The van der Waals surface area contributed by atoms with Crippen LogP contribution in [-0.4, -0.2) is 26.9 Å². The quantitative estimate of drug-likeness (QED) is 0.561. The van der Waals surface area contributed by atoms with Gasteiger partial charge in [-0.05, 0) is 49.8 Å². The van der Waals surface area contributed by atoms with Gasteiger partial charge in [0.2, 0.25) is 0 Å². The lowest BCUT2D eigenvalue weighted by Gasteiger charge is -2.18. The highest BCUT2D eigenvalue weighted by Gasteiger charge is 2.40. The molecule has 0 aliphatic heterocycles. The Labute approximate surface area is 155 Å². The molecule has 0 atom stereocenters. The fourth-order valence-electron chi connectivity index (χ4n) is 3.53. The lowest BCUT2D eigenvalue weighted by molar-refractivity contribution is -0.137. The van der Waals surface area contributed by atoms with Gasteiger partial charge in [-0.2, -0.15) is 0 Å². The molecule has 1 fully saturated rings. The van der Waals surface area contributed by atoms with Gasteiger partial charge < -0.3 is 9.67 Å². The number of aryl methyl sites for hydroxylation is 1. The van der Waals surface area contributed by atoms with E-state index in [1.54, 1.807) is 16.7 Å². The SMILES string of the molecule is CSc1c(C)ccc2c(=O)c3ccc(C4(C)CC4)nc3n(CC(=O)O)c12. The largest absolute Gasteiger partial charge is 0.480 e. The maximum atomic E-state index is 13.1. The van der Waals surface area contributed by atoms with E-state index < -0.39 is 5.97 Å². The molecule has 2 aromatic heterocycles. The monoisotopic (exact) mass is 368 g/mol. The summed E-state index contributed by atoms with van der Waals surface area (Å²) in [6, 6.07) is 7.43. The third-order valence-electron chi connectivity index (χ3n) is 5.33. The average molecular weight is 368 g/mol. The van der Waals surface area contributed by atoms with Gasteiger partial charge in [0.15, 0.2) is 5.43 Å². The van der Waals surface area contributed by atoms with Gasteiger partial charge in [0.05, 0.1) is 10.9 Å². The summed E-state index contributed by atoms with van der Waals surface area (Å²) in [6.45, 7) is 3.90. The van der Waals surface area contributed by atoms with E-state index in [2.05, 4.69) is 6.92 Å². The van der Waals surface area contributed by atoms with Crippen LogP contribution in [0.5, 0.6) is 0 Å². The molecular weight excluding hydrogens is 348 g/mol. The summed E-state index contributed by atoms with van der Waals surface area (Å²) in [5.41, 5.74) is 3.04. The van der Waals surface area contributed by atoms with Gasteiger partial charge >= 0.3 is 5.97 Å². The van der Waals surface area contributed by atoms with Crippen molar-refractivity contribution < 1.29 is 9.90 Å². The molecule has 0 spiro atoms. The summed E-state index contributed by atoms with van der Waals surface area (Å²) in [4.78, 5) is 30.4. The summed E-state index contributed by atoms with van der Waals surface area (Å²) in [5, 5.41) is 10.5. The van der Waals surface area contributed by atoms with Gasteiger partial charge in [-0.15, -0.1) is 11.8 Å². The van der Waals surface area contributed by atoms with Crippen LogP contribution in [-0.2, 0) is 16.8 Å². The second-order valence-corrected chi connectivity index (χ2v) is 8.07. The number of aliphatic carboxylic acids is 1. The molecular formula is C20H20N2O3S. The number of aromatic nitrogens is 2. The Balaban J connectivity index is 2.20. The molecule has 6 heteroatoms.